The highest BCUT2D eigenvalue weighted by molar-refractivity contribution is 7.99. The van der Waals surface area contributed by atoms with Crippen LogP contribution in [0.2, 0.25) is 0 Å². The maximum absolute atomic E-state index is 12.1. The number of hydrogen-bond acceptors (Lipinski definition) is 6. The fourth-order valence-corrected chi connectivity index (χ4v) is 3.60. The molecule has 0 unspecified atom stereocenters. The Balaban J connectivity index is 1.60. The average Bonchev–Trinajstić information content (AvgIpc) is 3.09. The lowest BCUT2D eigenvalue weighted by Gasteiger charge is -2.07. The van der Waals surface area contributed by atoms with E-state index in [1.165, 1.54) is 11.8 Å². The van der Waals surface area contributed by atoms with E-state index in [1.54, 1.807) is 32.6 Å². The number of aromatic nitrogens is 2. The van der Waals surface area contributed by atoms with E-state index in [-0.39, 0.29) is 11.7 Å². The van der Waals surface area contributed by atoms with Crippen molar-refractivity contribution in [2.75, 3.05) is 20.0 Å². The number of nitrogens with zero attached hydrogens (tertiary/aromatic N) is 3. The third-order valence-corrected chi connectivity index (χ3v) is 5.08. The molecule has 0 spiro atoms. The van der Waals surface area contributed by atoms with Crippen molar-refractivity contribution in [3.05, 3.63) is 48.0 Å². The number of nitrogens with one attached hydrogen (secondary N) is 1. The normalized spacial score (nSPS) is 11.1. The van der Waals surface area contributed by atoms with Gasteiger partial charge in [0.25, 0.3) is 5.91 Å². The van der Waals surface area contributed by atoms with E-state index in [2.05, 4.69) is 27.0 Å². The van der Waals surface area contributed by atoms with E-state index in [0.717, 1.165) is 28.3 Å². The number of carbonyl (C=O) groups is 1. The molecule has 0 atom stereocenters. The molecule has 146 valence electrons. The van der Waals surface area contributed by atoms with Gasteiger partial charge in [0.1, 0.15) is 11.5 Å². The van der Waals surface area contributed by atoms with E-state index in [4.69, 9.17) is 9.47 Å². The number of fused-ring (bicyclic) bond motifs is 1. The van der Waals surface area contributed by atoms with Crippen molar-refractivity contribution in [2.45, 2.75) is 18.6 Å². The van der Waals surface area contributed by atoms with Gasteiger partial charge in [0, 0.05) is 18.2 Å². The zero-order valence-electron chi connectivity index (χ0n) is 16.0. The molecule has 1 heterocycles. The fourth-order valence-electron chi connectivity index (χ4n) is 2.73. The summed E-state index contributed by atoms with van der Waals surface area (Å²) in [6, 6.07) is 13.3. The molecule has 3 aromatic rings. The molecule has 0 aliphatic carbocycles. The number of hydrogen-bond donors (Lipinski definition) is 1. The quantitative estimate of drug-likeness (QED) is 0.358. The summed E-state index contributed by atoms with van der Waals surface area (Å²) in [5.41, 5.74) is 5.27. The molecule has 1 N–H and O–H groups in total. The lowest BCUT2D eigenvalue weighted by Crippen LogP contribution is -2.20. The third kappa shape index (κ3) is 4.45. The second-order valence-corrected chi connectivity index (χ2v) is 6.76. The highest BCUT2D eigenvalue weighted by Crippen LogP contribution is 2.24. The zero-order valence-corrected chi connectivity index (χ0v) is 16.8. The third-order valence-electron chi connectivity index (χ3n) is 4.10. The first-order chi connectivity index (χ1) is 13.7. The maximum Gasteiger partial charge on any atom is 0.250 e. The minimum Gasteiger partial charge on any atom is -0.497 e. The predicted molar refractivity (Wildman–Crippen MR) is 111 cm³/mol. The molecule has 3 rings (SSSR count). The van der Waals surface area contributed by atoms with Gasteiger partial charge in [-0.1, -0.05) is 23.9 Å². The van der Waals surface area contributed by atoms with Crippen molar-refractivity contribution in [2.24, 2.45) is 5.10 Å². The molecule has 2 aromatic carbocycles. The number of amides is 1. The van der Waals surface area contributed by atoms with Crippen LogP contribution in [0.15, 0.2) is 52.7 Å². The highest BCUT2D eigenvalue weighted by atomic mass is 32.2. The first-order valence-corrected chi connectivity index (χ1v) is 9.76. The Morgan fingerprint density at radius 2 is 2.07 bits per heavy atom. The van der Waals surface area contributed by atoms with Crippen molar-refractivity contribution >= 4 is 34.9 Å². The molecular weight excluding hydrogens is 376 g/mol. The summed E-state index contributed by atoms with van der Waals surface area (Å²) in [5, 5.41) is 4.84. The Morgan fingerprint density at radius 3 is 2.82 bits per heavy atom. The van der Waals surface area contributed by atoms with Crippen LogP contribution in [-0.2, 0) is 11.3 Å². The van der Waals surface area contributed by atoms with Crippen LogP contribution in [0.3, 0.4) is 0 Å². The molecule has 8 heteroatoms. The summed E-state index contributed by atoms with van der Waals surface area (Å²) in [6.45, 7) is 2.85. The van der Waals surface area contributed by atoms with Crippen LogP contribution in [0.1, 0.15) is 12.5 Å². The van der Waals surface area contributed by atoms with Crippen LogP contribution in [0.4, 0.5) is 0 Å². The Kier molecular flexibility index (Phi) is 6.54. The van der Waals surface area contributed by atoms with Gasteiger partial charge >= 0.3 is 0 Å². The van der Waals surface area contributed by atoms with Crippen LogP contribution < -0.4 is 14.9 Å². The molecule has 28 heavy (non-hydrogen) atoms. The van der Waals surface area contributed by atoms with Crippen molar-refractivity contribution < 1.29 is 14.3 Å². The number of para-hydroxylation sites is 2. The van der Waals surface area contributed by atoms with Gasteiger partial charge in [-0.05, 0) is 31.2 Å². The Morgan fingerprint density at radius 1 is 1.25 bits per heavy atom. The number of methoxy groups -OCH3 is 2. The number of imidazole rings is 1. The fraction of sp³-hybridized carbons (Fsp3) is 0.250. The number of hydrazone groups is 1. The Hall–Kier alpha value is -3.00. The topological polar surface area (TPSA) is 77.7 Å². The smallest absolute Gasteiger partial charge is 0.250 e. The predicted octanol–water partition coefficient (Wildman–Crippen LogP) is 3.32. The molecule has 0 saturated heterocycles. The molecule has 0 bridgehead atoms. The standard InChI is InChI=1S/C20H22N4O3S/c1-4-24-17-8-6-5-7-16(17)22-20(24)28-13-19(25)23-21-12-14-9-10-15(26-2)11-18(14)27-3/h5-12H,4,13H2,1-3H3,(H,23,25)/b21-12+. The average molecular weight is 398 g/mol. The number of aryl methyl sites for hydroxylation is 1. The first kappa shape index (κ1) is 19.8. The lowest BCUT2D eigenvalue weighted by atomic mass is 10.2. The molecular formula is C20H22N4O3S. The number of thioether (sulfide) groups is 1. The van der Waals surface area contributed by atoms with E-state index >= 15 is 0 Å². The van der Waals surface area contributed by atoms with Crippen LogP contribution >= 0.6 is 11.8 Å². The van der Waals surface area contributed by atoms with Crippen LogP contribution in [-0.4, -0.2) is 41.6 Å². The molecule has 1 amide bonds. The van der Waals surface area contributed by atoms with Gasteiger partial charge in [0.15, 0.2) is 5.16 Å². The second-order valence-electron chi connectivity index (χ2n) is 5.82. The summed E-state index contributed by atoms with van der Waals surface area (Å²) < 4.78 is 12.6. The van der Waals surface area contributed by atoms with Gasteiger partial charge in [-0.15, -0.1) is 0 Å². The highest BCUT2D eigenvalue weighted by Gasteiger charge is 2.11. The molecule has 0 aliphatic heterocycles. The summed E-state index contributed by atoms with van der Waals surface area (Å²) in [6.07, 6.45) is 1.54. The largest absolute Gasteiger partial charge is 0.497 e. The number of benzene rings is 2. The summed E-state index contributed by atoms with van der Waals surface area (Å²) >= 11 is 1.39. The van der Waals surface area contributed by atoms with Gasteiger partial charge in [0.05, 0.1) is 37.2 Å². The summed E-state index contributed by atoms with van der Waals surface area (Å²) in [4.78, 5) is 16.7. The van der Waals surface area contributed by atoms with E-state index in [9.17, 15) is 4.79 Å². The molecule has 7 nitrogen and oxygen atoms in total. The van der Waals surface area contributed by atoms with Crippen LogP contribution in [0.25, 0.3) is 11.0 Å². The molecule has 0 saturated carbocycles. The van der Waals surface area contributed by atoms with Gasteiger partial charge < -0.3 is 14.0 Å². The van der Waals surface area contributed by atoms with E-state index < -0.39 is 0 Å². The van der Waals surface area contributed by atoms with Crippen molar-refractivity contribution in [1.29, 1.82) is 0 Å². The van der Waals surface area contributed by atoms with Gasteiger partial charge in [-0.3, -0.25) is 4.79 Å². The minimum absolute atomic E-state index is 0.205. The van der Waals surface area contributed by atoms with E-state index in [0.29, 0.717) is 11.5 Å². The number of rotatable bonds is 8. The Bertz CT molecular complexity index is 1000. The maximum atomic E-state index is 12.1. The summed E-state index contributed by atoms with van der Waals surface area (Å²) in [5.74, 6) is 1.32. The second kappa shape index (κ2) is 9.27. The van der Waals surface area contributed by atoms with Gasteiger partial charge in [-0.2, -0.15) is 5.10 Å². The minimum atomic E-state index is -0.205. The number of ether oxygens (including phenoxy) is 2. The number of carbonyl (C=O) groups excluding carboxylic acids is 1. The van der Waals surface area contributed by atoms with Crippen LogP contribution in [0, 0.1) is 0 Å². The molecule has 0 fully saturated rings. The SMILES string of the molecule is CCn1c(SCC(=O)N/N=C/c2ccc(OC)cc2OC)nc2ccccc21. The van der Waals surface area contributed by atoms with E-state index in [1.807, 2.05) is 30.3 Å². The van der Waals surface area contributed by atoms with Crippen molar-refractivity contribution in [3.63, 3.8) is 0 Å². The van der Waals surface area contributed by atoms with Gasteiger partial charge in [0.2, 0.25) is 0 Å². The summed E-state index contributed by atoms with van der Waals surface area (Å²) in [7, 11) is 3.16. The first-order valence-electron chi connectivity index (χ1n) is 8.78. The molecule has 0 aliphatic rings. The van der Waals surface area contributed by atoms with Crippen molar-refractivity contribution in [3.8, 4) is 11.5 Å². The molecule has 0 radical (unpaired) electrons. The Labute approximate surface area is 167 Å². The van der Waals surface area contributed by atoms with Crippen LogP contribution in [0.5, 0.6) is 11.5 Å². The lowest BCUT2D eigenvalue weighted by molar-refractivity contribution is -0.118. The van der Waals surface area contributed by atoms with Gasteiger partial charge in [-0.25, -0.2) is 10.4 Å². The monoisotopic (exact) mass is 398 g/mol. The zero-order chi connectivity index (χ0) is 19.9. The molecule has 1 aromatic heterocycles. The van der Waals surface area contributed by atoms with Crippen molar-refractivity contribution in [1.82, 2.24) is 15.0 Å².